The summed E-state index contributed by atoms with van der Waals surface area (Å²) in [5.74, 6) is 1.82. The lowest BCUT2D eigenvalue weighted by Gasteiger charge is -2.14. The minimum atomic E-state index is -3.66. The Bertz CT molecular complexity index is 1240. The van der Waals surface area contributed by atoms with E-state index in [-0.39, 0.29) is 10.7 Å². The van der Waals surface area contributed by atoms with Crippen LogP contribution in [0.25, 0.3) is 0 Å². The van der Waals surface area contributed by atoms with Crippen molar-refractivity contribution in [1.82, 2.24) is 4.72 Å². The summed E-state index contributed by atoms with van der Waals surface area (Å²) in [4.78, 5) is 12.8. The Kier molecular flexibility index (Phi) is 8.78. The van der Waals surface area contributed by atoms with E-state index in [2.05, 4.69) is 10.0 Å². The second-order valence-electron chi connectivity index (χ2n) is 7.69. The van der Waals surface area contributed by atoms with E-state index in [0.717, 1.165) is 18.4 Å². The predicted octanol–water partition coefficient (Wildman–Crippen LogP) is 4.23. The molecule has 0 spiro atoms. The molecule has 0 saturated carbocycles. The molecule has 0 radical (unpaired) electrons. The van der Waals surface area contributed by atoms with Crippen LogP contribution < -0.4 is 24.2 Å². The summed E-state index contributed by atoms with van der Waals surface area (Å²) in [6, 6.07) is 12.8. The summed E-state index contributed by atoms with van der Waals surface area (Å²) >= 11 is 0. The summed E-state index contributed by atoms with van der Waals surface area (Å²) in [6.45, 7) is 2.34. The van der Waals surface area contributed by atoms with Gasteiger partial charge in [0, 0.05) is 36.3 Å². The molecule has 0 aliphatic rings. The molecule has 0 fully saturated rings. The molecule has 2 aromatic carbocycles. The van der Waals surface area contributed by atoms with Crippen LogP contribution in [0.3, 0.4) is 0 Å². The van der Waals surface area contributed by atoms with Gasteiger partial charge in [-0.25, -0.2) is 13.1 Å². The van der Waals surface area contributed by atoms with E-state index in [1.807, 2.05) is 6.92 Å². The molecule has 188 valence electrons. The zero-order chi connectivity index (χ0) is 25.4. The highest BCUT2D eigenvalue weighted by Crippen LogP contribution is 2.36. The van der Waals surface area contributed by atoms with Gasteiger partial charge in [-0.05, 0) is 36.8 Å². The Balaban J connectivity index is 1.74. The third-order valence-corrected chi connectivity index (χ3v) is 6.74. The maximum atomic E-state index is 12.7. The quantitative estimate of drug-likeness (QED) is 0.356. The molecule has 1 aromatic heterocycles. The van der Waals surface area contributed by atoms with Crippen LogP contribution in [-0.2, 0) is 16.4 Å². The molecule has 9 nitrogen and oxygen atoms in total. The first-order chi connectivity index (χ1) is 16.8. The number of unbranched alkanes of at least 4 members (excludes halogenated alkanes) is 1. The Morgan fingerprint density at radius 2 is 1.69 bits per heavy atom. The van der Waals surface area contributed by atoms with Crippen LogP contribution in [0.2, 0.25) is 0 Å². The normalized spacial score (nSPS) is 11.2. The van der Waals surface area contributed by atoms with Crippen LogP contribution in [0.4, 0.5) is 5.69 Å². The molecule has 1 amide bonds. The van der Waals surface area contributed by atoms with Crippen LogP contribution in [0, 0.1) is 0 Å². The van der Waals surface area contributed by atoms with Crippen molar-refractivity contribution in [2.75, 3.05) is 33.2 Å². The highest BCUT2D eigenvalue weighted by Gasteiger charge is 2.19. The summed E-state index contributed by atoms with van der Waals surface area (Å²) in [5, 5.41) is 2.68. The molecule has 0 atom stereocenters. The smallest absolute Gasteiger partial charge is 0.291 e. The summed E-state index contributed by atoms with van der Waals surface area (Å²) in [7, 11) is 0.989. The van der Waals surface area contributed by atoms with Gasteiger partial charge < -0.3 is 23.9 Å². The second-order valence-corrected chi connectivity index (χ2v) is 9.45. The molecular formula is C25H30N2O7S. The molecule has 0 unspecified atom stereocenters. The van der Waals surface area contributed by atoms with E-state index in [0.29, 0.717) is 41.7 Å². The molecule has 0 saturated heterocycles. The van der Waals surface area contributed by atoms with Crippen molar-refractivity contribution in [2.24, 2.45) is 0 Å². The first-order valence-corrected chi connectivity index (χ1v) is 12.6. The zero-order valence-corrected chi connectivity index (χ0v) is 21.0. The lowest BCUT2D eigenvalue weighted by atomic mass is 10.1. The third-order valence-electron chi connectivity index (χ3n) is 5.28. The van der Waals surface area contributed by atoms with Gasteiger partial charge >= 0.3 is 0 Å². The van der Waals surface area contributed by atoms with E-state index in [1.54, 1.807) is 57.7 Å². The van der Waals surface area contributed by atoms with Crippen molar-refractivity contribution >= 4 is 21.6 Å². The average Bonchev–Trinajstić information content (AvgIpc) is 3.33. The number of nitrogens with one attached hydrogen (secondary N) is 2. The molecule has 0 aliphatic carbocycles. The van der Waals surface area contributed by atoms with E-state index in [1.165, 1.54) is 12.1 Å². The molecule has 0 aliphatic heterocycles. The number of ether oxygens (including phenoxy) is 3. The molecule has 1 heterocycles. The highest BCUT2D eigenvalue weighted by atomic mass is 32.2. The number of benzene rings is 2. The second kappa shape index (κ2) is 11.8. The van der Waals surface area contributed by atoms with Crippen LogP contribution in [0.5, 0.6) is 17.2 Å². The van der Waals surface area contributed by atoms with Gasteiger partial charge in [-0.2, -0.15) is 0 Å². The fourth-order valence-electron chi connectivity index (χ4n) is 3.42. The number of carbonyl (C=O) groups excluding carboxylic acids is 1. The predicted molar refractivity (Wildman–Crippen MR) is 132 cm³/mol. The Labute approximate surface area is 205 Å². The average molecular weight is 503 g/mol. The summed E-state index contributed by atoms with van der Waals surface area (Å²) in [6.07, 6.45) is 1.94. The number of furan rings is 1. The lowest BCUT2D eigenvalue weighted by Crippen LogP contribution is -2.24. The Morgan fingerprint density at radius 3 is 2.31 bits per heavy atom. The van der Waals surface area contributed by atoms with E-state index >= 15 is 0 Å². The molecular weight excluding hydrogens is 472 g/mol. The minimum Gasteiger partial charge on any atom is -0.496 e. The van der Waals surface area contributed by atoms with Gasteiger partial charge in [-0.3, -0.25) is 4.79 Å². The van der Waals surface area contributed by atoms with Gasteiger partial charge in [0.15, 0.2) is 5.76 Å². The molecule has 10 heteroatoms. The van der Waals surface area contributed by atoms with Crippen LogP contribution in [0.15, 0.2) is 57.8 Å². The minimum absolute atomic E-state index is 0.0743. The lowest BCUT2D eigenvalue weighted by molar-refractivity contribution is 0.0995. The molecule has 0 bridgehead atoms. The third kappa shape index (κ3) is 6.55. The molecule has 3 rings (SSSR count). The van der Waals surface area contributed by atoms with Gasteiger partial charge in [0.2, 0.25) is 10.0 Å². The Morgan fingerprint density at radius 1 is 0.971 bits per heavy atom. The summed E-state index contributed by atoms with van der Waals surface area (Å²) in [5.41, 5.74) is 1.08. The highest BCUT2D eigenvalue weighted by molar-refractivity contribution is 7.89. The standard InChI is InChI=1S/C25H30N2O7S/c1-5-6-12-26-35(29,30)20-9-7-8-17(13-20)27-25(28)22-11-10-18(34-22)14-21-23(32-3)15-19(31-2)16-24(21)33-4/h7-11,13,15-16,26H,5-6,12,14H2,1-4H3,(H,27,28). The first-order valence-electron chi connectivity index (χ1n) is 11.1. The van der Waals surface area contributed by atoms with Crippen LogP contribution in [0.1, 0.15) is 41.6 Å². The fraction of sp³-hybridized carbons (Fsp3) is 0.320. The fourth-order valence-corrected chi connectivity index (χ4v) is 4.54. The Hall–Kier alpha value is -3.50. The number of methoxy groups -OCH3 is 3. The molecule has 3 aromatic rings. The number of sulfonamides is 1. The number of carbonyl (C=O) groups is 1. The maximum Gasteiger partial charge on any atom is 0.291 e. The van der Waals surface area contributed by atoms with Crippen molar-refractivity contribution in [3.8, 4) is 17.2 Å². The largest absolute Gasteiger partial charge is 0.496 e. The van der Waals surface area contributed by atoms with E-state index < -0.39 is 15.9 Å². The summed E-state index contributed by atoms with van der Waals surface area (Å²) < 4.78 is 49.5. The van der Waals surface area contributed by atoms with Gasteiger partial charge in [0.25, 0.3) is 5.91 Å². The molecule has 2 N–H and O–H groups in total. The van der Waals surface area contributed by atoms with Gasteiger partial charge in [0.1, 0.15) is 23.0 Å². The first kappa shape index (κ1) is 26.1. The SMILES string of the molecule is CCCCNS(=O)(=O)c1cccc(NC(=O)c2ccc(Cc3c(OC)cc(OC)cc3OC)o2)c1. The monoisotopic (exact) mass is 502 g/mol. The van der Waals surface area contributed by atoms with Crippen molar-refractivity contribution < 1.29 is 31.8 Å². The molecule has 35 heavy (non-hydrogen) atoms. The van der Waals surface area contributed by atoms with Crippen molar-refractivity contribution in [3.63, 3.8) is 0 Å². The van der Waals surface area contributed by atoms with E-state index in [9.17, 15) is 13.2 Å². The van der Waals surface area contributed by atoms with Crippen molar-refractivity contribution in [2.45, 2.75) is 31.1 Å². The number of hydrogen-bond donors (Lipinski definition) is 2. The topological polar surface area (TPSA) is 116 Å². The number of rotatable bonds is 12. The van der Waals surface area contributed by atoms with Crippen LogP contribution in [-0.4, -0.2) is 42.2 Å². The number of amides is 1. The van der Waals surface area contributed by atoms with Crippen LogP contribution >= 0.6 is 0 Å². The van der Waals surface area contributed by atoms with Crippen molar-refractivity contribution in [1.29, 1.82) is 0 Å². The maximum absolute atomic E-state index is 12.7. The van der Waals surface area contributed by atoms with Gasteiger partial charge in [-0.15, -0.1) is 0 Å². The zero-order valence-electron chi connectivity index (χ0n) is 20.2. The van der Waals surface area contributed by atoms with Crippen molar-refractivity contribution in [3.05, 3.63) is 65.6 Å². The van der Waals surface area contributed by atoms with Gasteiger partial charge in [0.05, 0.1) is 26.2 Å². The number of hydrogen-bond acceptors (Lipinski definition) is 7. The van der Waals surface area contributed by atoms with E-state index in [4.69, 9.17) is 18.6 Å². The van der Waals surface area contributed by atoms with Gasteiger partial charge in [-0.1, -0.05) is 19.4 Å². The number of anilines is 1.